The van der Waals surface area contributed by atoms with E-state index in [1.54, 1.807) is 12.4 Å². The van der Waals surface area contributed by atoms with E-state index in [1.165, 1.54) is 0 Å². The molecule has 0 spiro atoms. The van der Waals surface area contributed by atoms with Gasteiger partial charge in [-0.3, -0.25) is 9.78 Å². The highest BCUT2D eigenvalue weighted by Gasteiger charge is 2.20. The first-order valence-electron chi connectivity index (χ1n) is 8.67. The van der Waals surface area contributed by atoms with Crippen molar-refractivity contribution in [3.8, 4) is 0 Å². The zero-order valence-corrected chi connectivity index (χ0v) is 15.4. The van der Waals surface area contributed by atoms with Gasteiger partial charge in [-0.1, -0.05) is 13.0 Å². The third-order valence-electron chi connectivity index (χ3n) is 4.56. The molecule has 1 atom stereocenters. The number of hydrogen-bond donors (Lipinski definition) is 1. The van der Waals surface area contributed by atoms with Crippen molar-refractivity contribution in [3.05, 3.63) is 57.5 Å². The van der Waals surface area contributed by atoms with Crippen LogP contribution in [-0.2, 0) is 17.8 Å². The number of aromatic nitrogens is 3. The molecule has 0 aliphatic rings. The average molecular weight is 342 g/mol. The minimum absolute atomic E-state index is 0.100. The molecule has 25 heavy (non-hydrogen) atoms. The predicted molar refractivity (Wildman–Crippen MR) is 97.2 cm³/mol. The van der Waals surface area contributed by atoms with Crippen molar-refractivity contribution in [1.29, 1.82) is 0 Å². The minimum Gasteiger partial charge on any atom is -0.336 e. The van der Waals surface area contributed by atoms with Crippen LogP contribution < -0.4 is 5.69 Å². The second-order valence-corrected chi connectivity index (χ2v) is 6.37. The Labute approximate surface area is 148 Å². The number of rotatable bonds is 7. The van der Waals surface area contributed by atoms with E-state index in [4.69, 9.17) is 0 Å². The van der Waals surface area contributed by atoms with Crippen LogP contribution in [0.1, 0.15) is 49.2 Å². The van der Waals surface area contributed by atoms with Gasteiger partial charge in [0.1, 0.15) is 0 Å². The van der Waals surface area contributed by atoms with Gasteiger partial charge in [0.15, 0.2) is 0 Å². The van der Waals surface area contributed by atoms with Crippen molar-refractivity contribution < 1.29 is 4.79 Å². The number of aryl methyl sites for hydroxylation is 2. The Balaban J connectivity index is 2.11. The third-order valence-corrected chi connectivity index (χ3v) is 4.56. The molecule has 0 aliphatic carbocycles. The highest BCUT2D eigenvalue weighted by molar-refractivity contribution is 5.76. The molecule has 6 nitrogen and oxygen atoms in total. The molecule has 0 saturated carbocycles. The fourth-order valence-electron chi connectivity index (χ4n) is 2.90. The first-order valence-corrected chi connectivity index (χ1v) is 8.67. The maximum absolute atomic E-state index is 12.8. The summed E-state index contributed by atoms with van der Waals surface area (Å²) in [5.74, 6) is 0.100. The van der Waals surface area contributed by atoms with Crippen LogP contribution >= 0.6 is 0 Å². The zero-order valence-electron chi connectivity index (χ0n) is 15.4. The second-order valence-electron chi connectivity index (χ2n) is 6.37. The summed E-state index contributed by atoms with van der Waals surface area (Å²) in [5, 5.41) is 0. The molecule has 6 heteroatoms. The van der Waals surface area contributed by atoms with Crippen LogP contribution in [0.25, 0.3) is 0 Å². The van der Waals surface area contributed by atoms with Gasteiger partial charge in [0, 0.05) is 42.8 Å². The van der Waals surface area contributed by atoms with E-state index in [0.29, 0.717) is 25.1 Å². The van der Waals surface area contributed by atoms with Crippen LogP contribution in [-0.4, -0.2) is 31.8 Å². The summed E-state index contributed by atoms with van der Waals surface area (Å²) in [7, 11) is 0. The molecule has 0 aromatic carbocycles. The summed E-state index contributed by atoms with van der Waals surface area (Å²) >= 11 is 0. The quantitative estimate of drug-likeness (QED) is 0.838. The molecule has 2 heterocycles. The Kier molecular flexibility index (Phi) is 6.44. The van der Waals surface area contributed by atoms with Crippen molar-refractivity contribution in [1.82, 2.24) is 19.9 Å². The fraction of sp³-hybridized carbons (Fsp3) is 0.474. The van der Waals surface area contributed by atoms with E-state index in [9.17, 15) is 9.59 Å². The molecule has 1 amide bonds. The van der Waals surface area contributed by atoms with Gasteiger partial charge in [-0.15, -0.1) is 0 Å². The van der Waals surface area contributed by atoms with Crippen LogP contribution in [0.2, 0.25) is 0 Å². The Bertz CT molecular complexity index is 744. The first kappa shape index (κ1) is 18.8. The van der Waals surface area contributed by atoms with Crippen molar-refractivity contribution in [2.24, 2.45) is 0 Å². The van der Waals surface area contributed by atoms with E-state index < -0.39 is 0 Å². The van der Waals surface area contributed by atoms with E-state index in [0.717, 1.165) is 23.2 Å². The zero-order chi connectivity index (χ0) is 18.4. The number of H-pyrrole nitrogens is 1. The monoisotopic (exact) mass is 342 g/mol. The molecule has 0 radical (unpaired) electrons. The SMILES string of the molecule is CCC(C)N(Cc1cccnc1)C(=O)CCc1c(C)nc(=O)[nH]c1C. The standard InChI is InChI=1S/C19H26N4O2/c1-5-13(2)23(12-16-7-6-10-20-11-16)18(24)9-8-17-14(3)21-19(25)22-15(17)4/h6-7,10-11,13H,5,8-9,12H2,1-4H3,(H,21,22,25). The van der Waals surface area contributed by atoms with E-state index >= 15 is 0 Å². The van der Waals surface area contributed by atoms with Gasteiger partial charge >= 0.3 is 5.69 Å². The number of amides is 1. The summed E-state index contributed by atoms with van der Waals surface area (Å²) in [4.78, 5) is 36.9. The summed E-state index contributed by atoms with van der Waals surface area (Å²) in [5.41, 5.74) is 3.10. The number of nitrogens with zero attached hydrogens (tertiary/aromatic N) is 3. The first-order chi connectivity index (χ1) is 11.9. The number of aromatic amines is 1. The number of carbonyl (C=O) groups is 1. The summed E-state index contributed by atoms with van der Waals surface area (Å²) in [6.45, 7) is 8.35. The Hall–Kier alpha value is -2.50. The summed E-state index contributed by atoms with van der Waals surface area (Å²) in [6.07, 6.45) is 5.38. The molecule has 0 bridgehead atoms. The molecule has 2 rings (SSSR count). The number of nitrogens with one attached hydrogen (secondary N) is 1. The predicted octanol–water partition coefficient (Wildman–Crippen LogP) is 2.54. The Morgan fingerprint density at radius 3 is 2.72 bits per heavy atom. The van der Waals surface area contributed by atoms with Gasteiger partial charge in [0.2, 0.25) is 5.91 Å². The van der Waals surface area contributed by atoms with E-state index in [1.807, 2.05) is 30.9 Å². The molecular weight excluding hydrogens is 316 g/mol. The maximum Gasteiger partial charge on any atom is 0.345 e. The van der Waals surface area contributed by atoms with Crippen LogP contribution in [0.4, 0.5) is 0 Å². The molecule has 0 fully saturated rings. The van der Waals surface area contributed by atoms with Crippen LogP contribution in [0.3, 0.4) is 0 Å². The van der Waals surface area contributed by atoms with Crippen molar-refractivity contribution in [3.63, 3.8) is 0 Å². The van der Waals surface area contributed by atoms with Gasteiger partial charge in [0.05, 0.1) is 0 Å². The Morgan fingerprint density at radius 2 is 2.12 bits per heavy atom. The maximum atomic E-state index is 12.8. The number of hydrogen-bond acceptors (Lipinski definition) is 4. The van der Waals surface area contributed by atoms with Gasteiger partial charge in [0.25, 0.3) is 0 Å². The lowest BCUT2D eigenvalue weighted by Crippen LogP contribution is -2.38. The van der Waals surface area contributed by atoms with Crippen molar-refractivity contribution in [2.75, 3.05) is 0 Å². The minimum atomic E-state index is -0.345. The largest absolute Gasteiger partial charge is 0.345 e. The molecule has 0 aliphatic heterocycles. The third kappa shape index (κ3) is 4.98. The lowest BCUT2D eigenvalue weighted by Gasteiger charge is -2.29. The molecule has 2 aromatic rings. The number of pyridine rings is 1. The van der Waals surface area contributed by atoms with Crippen LogP contribution in [0, 0.1) is 13.8 Å². The lowest BCUT2D eigenvalue weighted by atomic mass is 10.1. The van der Waals surface area contributed by atoms with Crippen molar-refractivity contribution >= 4 is 5.91 Å². The highest BCUT2D eigenvalue weighted by atomic mass is 16.2. The topological polar surface area (TPSA) is 79.0 Å². The molecule has 2 aromatic heterocycles. The lowest BCUT2D eigenvalue weighted by molar-refractivity contribution is -0.134. The smallest absolute Gasteiger partial charge is 0.336 e. The second kappa shape index (κ2) is 8.55. The van der Waals surface area contributed by atoms with Gasteiger partial charge < -0.3 is 9.88 Å². The fourth-order valence-corrected chi connectivity index (χ4v) is 2.90. The molecule has 1 unspecified atom stereocenters. The van der Waals surface area contributed by atoms with Gasteiger partial charge in [-0.05, 0) is 50.8 Å². The summed E-state index contributed by atoms with van der Waals surface area (Å²) in [6, 6.07) is 4.02. The molecule has 134 valence electrons. The van der Waals surface area contributed by atoms with E-state index in [-0.39, 0.29) is 17.6 Å². The van der Waals surface area contributed by atoms with Gasteiger partial charge in [-0.2, -0.15) is 4.98 Å². The molecule has 0 saturated heterocycles. The molecule has 1 N–H and O–H groups in total. The molecular formula is C19H26N4O2. The van der Waals surface area contributed by atoms with Crippen molar-refractivity contribution in [2.45, 2.75) is 59.5 Å². The summed E-state index contributed by atoms with van der Waals surface area (Å²) < 4.78 is 0. The van der Waals surface area contributed by atoms with E-state index in [2.05, 4.69) is 28.8 Å². The van der Waals surface area contributed by atoms with Crippen LogP contribution in [0.15, 0.2) is 29.3 Å². The number of carbonyl (C=O) groups excluding carboxylic acids is 1. The average Bonchev–Trinajstić information content (AvgIpc) is 2.58. The normalized spacial score (nSPS) is 12.0. The Morgan fingerprint density at radius 1 is 1.36 bits per heavy atom. The van der Waals surface area contributed by atoms with Gasteiger partial charge in [-0.25, -0.2) is 4.79 Å². The highest BCUT2D eigenvalue weighted by Crippen LogP contribution is 2.15. The van der Waals surface area contributed by atoms with Crippen LogP contribution in [0.5, 0.6) is 0 Å².